The predicted octanol–water partition coefficient (Wildman–Crippen LogP) is 2.68. The third-order valence-electron chi connectivity index (χ3n) is 4.41. The minimum atomic E-state index is -0.0919. The molecule has 1 aliphatic heterocycles. The van der Waals surface area contributed by atoms with Gasteiger partial charge in [0.05, 0.1) is 17.9 Å². The number of hydrogen-bond acceptors (Lipinski definition) is 4. The molecule has 1 aromatic carbocycles. The molecule has 3 rings (SSSR count). The highest BCUT2D eigenvalue weighted by Crippen LogP contribution is 2.28. The summed E-state index contributed by atoms with van der Waals surface area (Å²) < 4.78 is 6.32. The van der Waals surface area contributed by atoms with E-state index >= 15 is 0 Å². The molecular formula is C19H25N3O2. The Balaban J connectivity index is 1.80. The molecule has 0 spiro atoms. The number of aryl methyl sites for hydroxylation is 1. The summed E-state index contributed by atoms with van der Waals surface area (Å²) in [5.41, 5.74) is 1.92. The molecule has 1 aliphatic rings. The first kappa shape index (κ1) is 16.9. The summed E-state index contributed by atoms with van der Waals surface area (Å²) in [6.07, 6.45) is 0.225. The summed E-state index contributed by atoms with van der Waals surface area (Å²) in [6.45, 7) is 8.52. The van der Waals surface area contributed by atoms with Gasteiger partial charge >= 0.3 is 0 Å². The van der Waals surface area contributed by atoms with Crippen LogP contribution in [0.4, 0.5) is 0 Å². The quantitative estimate of drug-likeness (QED) is 0.938. The van der Waals surface area contributed by atoms with Gasteiger partial charge in [-0.1, -0.05) is 44.2 Å². The van der Waals surface area contributed by atoms with E-state index in [0.29, 0.717) is 18.3 Å². The average Bonchev–Trinajstić information content (AvgIpc) is 2.54. The topological polar surface area (TPSA) is 58.2 Å². The minimum Gasteiger partial charge on any atom is -0.367 e. The molecule has 2 aromatic rings. The molecule has 0 aliphatic carbocycles. The largest absolute Gasteiger partial charge is 0.367 e. The molecule has 2 atom stereocenters. The van der Waals surface area contributed by atoms with Gasteiger partial charge in [-0.25, -0.2) is 4.98 Å². The predicted molar refractivity (Wildman–Crippen MR) is 93.8 cm³/mol. The zero-order valence-electron chi connectivity index (χ0n) is 14.5. The van der Waals surface area contributed by atoms with Crippen LogP contribution >= 0.6 is 0 Å². The van der Waals surface area contributed by atoms with Crippen molar-refractivity contribution in [3.05, 3.63) is 63.8 Å². The van der Waals surface area contributed by atoms with E-state index in [0.717, 1.165) is 18.8 Å². The molecule has 2 heterocycles. The molecule has 0 amide bonds. The van der Waals surface area contributed by atoms with Crippen molar-refractivity contribution in [1.29, 1.82) is 0 Å². The molecule has 0 bridgehead atoms. The Labute approximate surface area is 142 Å². The molecule has 0 unspecified atom stereocenters. The molecule has 5 heteroatoms. The Hall–Kier alpha value is -1.98. The standard InChI is InChI=1S/C19H25N3O2/c1-13(2)17-11-22(10-16-9-19(23)21-14(3)20-16)12-18(24-17)15-7-5-4-6-8-15/h4-9,13,17-18H,10-12H2,1-3H3,(H,20,21,23)/t17-,18+/m1/s1. The van der Waals surface area contributed by atoms with Crippen LogP contribution in [-0.4, -0.2) is 34.1 Å². The maximum atomic E-state index is 11.7. The lowest BCUT2D eigenvalue weighted by atomic mass is 10.0. The third kappa shape index (κ3) is 4.10. The van der Waals surface area contributed by atoms with Crippen LogP contribution in [0.15, 0.2) is 41.2 Å². The second kappa shape index (κ2) is 7.28. The summed E-state index contributed by atoms with van der Waals surface area (Å²) in [7, 11) is 0. The number of aromatic amines is 1. The fourth-order valence-corrected chi connectivity index (χ4v) is 3.16. The van der Waals surface area contributed by atoms with E-state index in [2.05, 4.69) is 40.8 Å². The Morgan fingerprint density at radius 1 is 1.29 bits per heavy atom. The maximum Gasteiger partial charge on any atom is 0.251 e. The summed E-state index contributed by atoms with van der Waals surface area (Å²) in [4.78, 5) is 21.2. The van der Waals surface area contributed by atoms with Crippen molar-refractivity contribution in [3.8, 4) is 0 Å². The normalized spacial score (nSPS) is 22.0. The van der Waals surface area contributed by atoms with Crippen LogP contribution in [0.25, 0.3) is 0 Å². The van der Waals surface area contributed by atoms with Gasteiger partial charge in [0.15, 0.2) is 0 Å². The van der Waals surface area contributed by atoms with E-state index < -0.39 is 0 Å². The van der Waals surface area contributed by atoms with Gasteiger partial charge in [0, 0.05) is 25.7 Å². The summed E-state index contributed by atoms with van der Waals surface area (Å²) in [6, 6.07) is 11.9. The lowest BCUT2D eigenvalue weighted by molar-refractivity contribution is -0.108. The number of nitrogens with one attached hydrogen (secondary N) is 1. The number of H-pyrrole nitrogens is 1. The van der Waals surface area contributed by atoms with E-state index in [1.807, 2.05) is 25.1 Å². The number of benzene rings is 1. The Bertz CT molecular complexity index is 727. The van der Waals surface area contributed by atoms with Crippen molar-refractivity contribution in [2.45, 2.75) is 39.5 Å². The van der Waals surface area contributed by atoms with Crippen LogP contribution in [0.2, 0.25) is 0 Å². The zero-order chi connectivity index (χ0) is 17.1. The van der Waals surface area contributed by atoms with Gasteiger partial charge in [0.25, 0.3) is 5.56 Å². The van der Waals surface area contributed by atoms with Gasteiger partial charge in [-0.05, 0) is 18.4 Å². The van der Waals surface area contributed by atoms with Gasteiger partial charge in [0.1, 0.15) is 5.82 Å². The molecule has 1 fully saturated rings. The second-order valence-electron chi connectivity index (χ2n) is 6.83. The number of ether oxygens (including phenoxy) is 1. The minimum absolute atomic E-state index is 0.0513. The van der Waals surface area contributed by atoms with Gasteiger partial charge in [0.2, 0.25) is 0 Å². The van der Waals surface area contributed by atoms with Gasteiger partial charge in [-0.2, -0.15) is 0 Å². The van der Waals surface area contributed by atoms with E-state index in [-0.39, 0.29) is 17.8 Å². The van der Waals surface area contributed by atoms with Gasteiger partial charge in [-0.15, -0.1) is 0 Å². The van der Waals surface area contributed by atoms with Crippen LogP contribution in [0.1, 0.15) is 37.0 Å². The SMILES string of the molecule is Cc1nc(CN2C[C@@H](c3ccccc3)O[C@@H](C(C)C)C2)cc(=O)[nH]1. The van der Waals surface area contributed by atoms with Crippen molar-refractivity contribution in [3.63, 3.8) is 0 Å². The lowest BCUT2D eigenvalue weighted by Crippen LogP contribution is -2.45. The third-order valence-corrected chi connectivity index (χ3v) is 4.41. The van der Waals surface area contributed by atoms with Crippen LogP contribution in [0.5, 0.6) is 0 Å². The number of rotatable bonds is 4. The van der Waals surface area contributed by atoms with Crippen molar-refractivity contribution in [2.75, 3.05) is 13.1 Å². The molecular weight excluding hydrogens is 302 g/mol. The fourth-order valence-electron chi connectivity index (χ4n) is 3.16. The highest BCUT2D eigenvalue weighted by molar-refractivity contribution is 5.18. The fraction of sp³-hybridized carbons (Fsp3) is 0.474. The highest BCUT2D eigenvalue weighted by Gasteiger charge is 2.30. The van der Waals surface area contributed by atoms with Crippen LogP contribution in [0, 0.1) is 12.8 Å². The lowest BCUT2D eigenvalue weighted by Gasteiger charge is -2.40. The molecule has 5 nitrogen and oxygen atoms in total. The first-order valence-corrected chi connectivity index (χ1v) is 8.51. The zero-order valence-corrected chi connectivity index (χ0v) is 14.5. The highest BCUT2D eigenvalue weighted by atomic mass is 16.5. The van der Waals surface area contributed by atoms with Crippen LogP contribution in [0.3, 0.4) is 0 Å². The smallest absolute Gasteiger partial charge is 0.251 e. The van der Waals surface area contributed by atoms with Crippen molar-refractivity contribution < 1.29 is 4.74 Å². The first-order valence-electron chi connectivity index (χ1n) is 8.51. The summed E-state index contributed by atoms with van der Waals surface area (Å²) in [5, 5.41) is 0. The van der Waals surface area contributed by atoms with E-state index in [1.165, 1.54) is 5.56 Å². The number of morpholine rings is 1. The second-order valence-corrected chi connectivity index (χ2v) is 6.83. The monoisotopic (exact) mass is 327 g/mol. The maximum absolute atomic E-state index is 11.7. The Morgan fingerprint density at radius 2 is 2.04 bits per heavy atom. The van der Waals surface area contributed by atoms with Crippen LogP contribution in [-0.2, 0) is 11.3 Å². The van der Waals surface area contributed by atoms with Crippen LogP contribution < -0.4 is 5.56 Å². The van der Waals surface area contributed by atoms with E-state index in [9.17, 15) is 4.79 Å². The summed E-state index contributed by atoms with van der Waals surface area (Å²) >= 11 is 0. The molecule has 24 heavy (non-hydrogen) atoms. The Kier molecular flexibility index (Phi) is 5.11. The molecule has 0 radical (unpaired) electrons. The number of aromatic nitrogens is 2. The van der Waals surface area contributed by atoms with Gasteiger partial charge < -0.3 is 9.72 Å². The number of nitrogens with zero attached hydrogens (tertiary/aromatic N) is 2. The van der Waals surface area contributed by atoms with Gasteiger partial charge in [-0.3, -0.25) is 9.69 Å². The average molecular weight is 327 g/mol. The molecule has 128 valence electrons. The van der Waals surface area contributed by atoms with E-state index in [4.69, 9.17) is 4.74 Å². The van der Waals surface area contributed by atoms with Crippen molar-refractivity contribution in [1.82, 2.24) is 14.9 Å². The van der Waals surface area contributed by atoms with E-state index in [1.54, 1.807) is 6.07 Å². The van der Waals surface area contributed by atoms with Crippen molar-refractivity contribution in [2.24, 2.45) is 5.92 Å². The molecule has 1 saturated heterocycles. The number of hydrogen-bond donors (Lipinski definition) is 1. The molecule has 0 saturated carbocycles. The summed E-state index contributed by atoms with van der Waals surface area (Å²) in [5.74, 6) is 1.10. The first-order chi connectivity index (χ1) is 11.5. The molecule has 1 N–H and O–H groups in total. The van der Waals surface area contributed by atoms with Crippen molar-refractivity contribution >= 4 is 0 Å². The molecule has 1 aromatic heterocycles. The Morgan fingerprint density at radius 3 is 2.71 bits per heavy atom.